The molecule has 0 saturated heterocycles. The van der Waals surface area contributed by atoms with E-state index in [2.05, 4.69) is 54.2 Å². The van der Waals surface area contributed by atoms with E-state index in [1.807, 2.05) is 6.08 Å². The summed E-state index contributed by atoms with van der Waals surface area (Å²) in [5, 5.41) is 0. The second kappa shape index (κ2) is 8.72. The first-order valence-electron chi connectivity index (χ1n) is 7.50. The van der Waals surface area contributed by atoms with E-state index in [-0.39, 0.29) is 5.60 Å². The molecule has 2 nitrogen and oxygen atoms in total. The molecule has 0 rings (SSSR count). The summed E-state index contributed by atoms with van der Waals surface area (Å²) in [6.07, 6.45) is 6.00. The van der Waals surface area contributed by atoms with Gasteiger partial charge in [-0.15, -0.1) is 6.58 Å². The topological polar surface area (TPSA) is 18.5 Å². The Balaban J connectivity index is 4.53. The van der Waals surface area contributed by atoms with Gasteiger partial charge in [0.1, 0.15) is 5.60 Å². The minimum atomic E-state index is -1.69. The minimum absolute atomic E-state index is 0.385. The maximum atomic E-state index is 5.94. The smallest absolute Gasteiger partial charge is 0.238 e. The number of hydrogen-bond acceptors (Lipinski definition) is 2. The molecule has 0 spiro atoms. The van der Waals surface area contributed by atoms with Crippen LogP contribution in [0.4, 0.5) is 0 Å². The fourth-order valence-electron chi connectivity index (χ4n) is 1.94. The van der Waals surface area contributed by atoms with Crippen LogP contribution in [0, 0.1) is 0 Å². The van der Waals surface area contributed by atoms with Crippen molar-refractivity contribution in [2.75, 3.05) is 0 Å². The highest BCUT2D eigenvalue weighted by Crippen LogP contribution is 2.27. The van der Waals surface area contributed by atoms with E-state index < -0.39 is 8.32 Å². The molecule has 0 N–H and O–H groups in total. The van der Waals surface area contributed by atoms with Crippen LogP contribution in [0.1, 0.15) is 54.4 Å². The third-order valence-electron chi connectivity index (χ3n) is 3.97. The molecule has 112 valence electrons. The first-order valence-corrected chi connectivity index (χ1v) is 10.0. The lowest BCUT2D eigenvalue weighted by molar-refractivity contribution is -0.283. The SMILES string of the molecule is C=CC(C)(CCC=C(C)C)OO[Si](CC)(CC)CC. The molecule has 0 fully saturated rings. The van der Waals surface area contributed by atoms with Crippen LogP contribution in [0.15, 0.2) is 24.3 Å². The van der Waals surface area contributed by atoms with Crippen LogP contribution in [0.2, 0.25) is 18.1 Å². The fraction of sp³-hybridized carbons (Fsp3) is 0.750. The average molecular weight is 285 g/mol. The van der Waals surface area contributed by atoms with Crippen LogP contribution in [-0.2, 0) is 9.46 Å². The molecule has 0 radical (unpaired) electrons. The van der Waals surface area contributed by atoms with Crippen LogP contribution < -0.4 is 0 Å². The Morgan fingerprint density at radius 1 is 1.16 bits per heavy atom. The maximum Gasteiger partial charge on any atom is 0.238 e. The van der Waals surface area contributed by atoms with Gasteiger partial charge in [-0.25, -0.2) is 4.89 Å². The zero-order valence-corrected chi connectivity index (χ0v) is 14.7. The number of allylic oxidation sites excluding steroid dienone is 2. The van der Waals surface area contributed by atoms with Crippen LogP contribution >= 0.6 is 0 Å². The summed E-state index contributed by atoms with van der Waals surface area (Å²) in [6, 6.07) is 3.30. The highest BCUT2D eigenvalue weighted by molar-refractivity contribution is 6.73. The first-order chi connectivity index (χ1) is 8.87. The van der Waals surface area contributed by atoms with Gasteiger partial charge in [-0.3, -0.25) is 4.58 Å². The molecular formula is C16H32O2Si. The highest BCUT2D eigenvalue weighted by Gasteiger charge is 2.34. The van der Waals surface area contributed by atoms with E-state index in [4.69, 9.17) is 9.46 Å². The second-order valence-electron chi connectivity index (χ2n) is 5.75. The lowest BCUT2D eigenvalue weighted by atomic mass is 10.00. The van der Waals surface area contributed by atoms with Crippen molar-refractivity contribution in [1.82, 2.24) is 0 Å². The van der Waals surface area contributed by atoms with Gasteiger partial charge in [-0.1, -0.05) is 38.5 Å². The molecule has 0 aromatic carbocycles. The van der Waals surface area contributed by atoms with Crippen molar-refractivity contribution in [2.24, 2.45) is 0 Å². The first kappa shape index (κ1) is 18.6. The summed E-state index contributed by atoms with van der Waals surface area (Å²) in [5.74, 6) is 0. The number of rotatable bonds is 10. The monoisotopic (exact) mass is 284 g/mol. The molecule has 0 aliphatic heterocycles. The highest BCUT2D eigenvalue weighted by atomic mass is 28.4. The summed E-state index contributed by atoms with van der Waals surface area (Å²) in [6.45, 7) is 16.8. The van der Waals surface area contributed by atoms with Crippen LogP contribution in [0.3, 0.4) is 0 Å². The van der Waals surface area contributed by atoms with E-state index in [1.165, 1.54) is 5.57 Å². The van der Waals surface area contributed by atoms with Gasteiger partial charge in [0.25, 0.3) is 0 Å². The quantitative estimate of drug-likeness (QED) is 0.224. The summed E-state index contributed by atoms with van der Waals surface area (Å²) < 4.78 is 5.94. The van der Waals surface area contributed by atoms with E-state index in [0.717, 1.165) is 31.0 Å². The molecule has 0 aromatic heterocycles. The molecule has 19 heavy (non-hydrogen) atoms. The Bertz CT molecular complexity index is 283. The van der Waals surface area contributed by atoms with Crippen LogP contribution in [0.5, 0.6) is 0 Å². The predicted octanol–water partition coefficient (Wildman–Crippen LogP) is 5.63. The minimum Gasteiger partial charge on any atom is -0.285 e. The third-order valence-corrected chi connectivity index (χ3v) is 8.27. The van der Waals surface area contributed by atoms with Gasteiger partial charge in [-0.05, 0) is 51.7 Å². The number of hydrogen-bond donors (Lipinski definition) is 0. The molecule has 1 atom stereocenters. The average Bonchev–Trinajstić information content (AvgIpc) is 2.40. The Kier molecular flexibility index (Phi) is 8.55. The molecule has 0 saturated carbocycles. The summed E-state index contributed by atoms with van der Waals surface area (Å²) >= 11 is 0. The predicted molar refractivity (Wildman–Crippen MR) is 86.6 cm³/mol. The van der Waals surface area contributed by atoms with Gasteiger partial charge in [0.05, 0.1) is 0 Å². The molecule has 0 aliphatic rings. The molecule has 0 bridgehead atoms. The van der Waals surface area contributed by atoms with E-state index in [1.54, 1.807) is 0 Å². The van der Waals surface area contributed by atoms with E-state index in [9.17, 15) is 0 Å². The Morgan fingerprint density at radius 2 is 1.68 bits per heavy atom. The summed E-state index contributed by atoms with van der Waals surface area (Å²) in [5.41, 5.74) is 0.954. The zero-order chi connectivity index (χ0) is 14.9. The molecule has 0 aliphatic carbocycles. The third kappa shape index (κ3) is 6.55. The standard InChI is InChI=1S/C16H32O2Si/c1-8-16(7,14-12-13-15(5)6)17-18-19(9-2,10-3)11-4/h8,13H,1,9-12,14H2,2-7H3. The Hall–Kier alpha value is -0.383. The van der Waals surface area contributed by atoms with Crippen molar-refractivity contribution in [3.8, 4) is 0 Å². The van der Waals surface area contributed by atoms with E-state index in [0.29, 0.717) is 0 Å². The van der Waals surface area contributed by atoms with Crippen molar-refractivity contribution in [3.05, 3.63) is 24.3 Å². The van der Waals surface area contributed by atoms with Gasteiger partial charge in [0.15, 0.2) is 0 Å². The van der Waals surface area contributed by atoms with Crippen molar-refractivity contribution in [3.63, 3.8) is 0 Å². The lowest BCUT2D eigenvalue weighted by Gasteiger charge is -2.32. The van der Waals surface area contributed by atoms with E-state index >= 15 is 0 Å². The molecule has 0 amide bonds. The second-order valence-corrected chi connectivity index (χ2v) is 10.4. The van der Waals surface area contributed by atoms with Crippen LogP contribution in [0.25, 0.3) is 0 Å². The van der Waals surface area contributed by atoms with Crippen molar-refractivity contribution in [2.45, 2.75) is 78.1 Å². The van der Waals surface area contributed by atoms with Crippen LogP contribution in [-0.4, -0.2) is 13.9 Å². The van der Waals surface area contributed by atoms with Gasteiger partial charge < -0.3 is 0 Å². The van der Waals surface area contributed by atoms with Gasteiger partial charge >= 0.3 is 0 Å². The van der Waals surface area contributed by atoms with Gasteiger partial charge in [0, 0.05) is 0 Å². The molecule has 0 heterocycles. The Labute approximate surface area is 120 Å². The van der Waals surface area contributed by atoms with Gasteiger partial charge in [-0.2, -0.15) is 0 Å². The maximum absolute atomic E-state index is 5.94. The van der Waals surface area contributed by atoms with Gasteiger partial charge in [0.2, 0.25) is 8.32 Å². The zero-order valence-electron chi connectivity index (χ0n) is 13.7. The summed E-state index contributed by atoms with van der Waals surface area (Å²) in [7, 11) is -1.69. The molecule has 3 heteroatoms. The molecule has 1 unspecified atom stereocenters. The largest absolute Gasteiger partial charge is 0.285 e. The summed E-state index contributed by atoms with van der Waals surface area (Å²) in [4.78, 5) is 5.81. The normalized spacial score (nSPS) is 14.8. The van der Waals surface area contributed by atoms with Crippen molar-refractivity contribution in [1.29, 1.82) is 0 Å². The lowest BCUT2D eigenvalue weighted by Crippen LogP contribution is -2.40. The van der Waals surface area contributed by atoms with Crippen molar-refractivity contribution >= 4 is 8.32 Å². The van der Waals surface area contributed by atoms with Crippen molar-refractivity contribution < 1.29 is 9.46 Å². The fourth-order valence-corrected chi connectivity index (χ4v) is 4.16. The molecule has 0 aromatic rings. The Morgan fingerprint density at radius 3 is 2.05 bits per heavy atom. The molecular weight excluding hydrogens is 252 g/mol.